The molecule has 0 bridgehead atoms. The van der Waals surface area contributed by atoms with Crippen LogP contribution < -0.4 is 0 Å². The maximum Gasteiger partial charge on any atom is 0.201 e. The van der Waals surface area contributed by atoms with Crippen molar-refractivity contribution in [2.45, 2.75) is 45.1 Å². The maximum absolute atomic E-state index is 12.6. The molecule has 2 aliphatic rings. The Morgan fingerprint density at radius 1 is 1.26 bits per heavy atom. The molecule has 1 aromatic carbocycles. The lowest BCUT2D eigenvalue weighted by atomic mass is 9.80. The van der Waals surface area contributed by atoms with Crippen molar-refractivity contribution in [2.75, 3.05) is 0 Å². The number of aromatic amines is 1. The van der Waals surface area contributed by atoms with Gasteiger partial charge in [-0.05, 0) is 38.0 Å². The highest BCUT2D eigenvalue weighted by atomic mass is 16.3. The number of allylic oxidation sites excluding steroid dienone is 1. The van der Waals surface area contributed by atoms with E-state index in [0.717, 1.165) is 53.0 Å². The summed E-state index contributed by atoms with van der Waals surface area (Å²) < 4.78 is 5.88. The molecule has 1 aliphatic carbocycles. The lowest BCUT2D eigenvalue weighted by Gasteiger charge is -2.28. The van der Waals surface area contributed by atoms with Gasteiger partial charge in [-0.25, -0.2) is 4.98 Å². The number of hydrogen-bond donors (Lipinski definition) is 1. The van der Waals surface area contributed by atoms with E-state index in [2.05, 4.69) is 15.2 Å². The number of aryl methyl sites for hydroxylation is 1. The zero-order valence-corrected chi connectivity index (χ0v) is 15.2. The highest BCUT2D eigenvalue weighted by Crippen LogP contribution is 2.39. The largest absolute Gasteiger partial charge is 0.440 e. The summed E-state index contributed by atoms with van der Waals surface area (Å²) in [5.74, 6) is 0.879. The Morgan fingerprint density at radius 2 is 2.15 bits per heavy atom. The van der Waals surface area contributed by atoms with Crippen LogP contribution in [0.5, 0.6) is 0 Å². The van der Waals surface area contributed by atoms with Crippen LogP contribution in [0.15, 0.2) is 50.9 Å². The first kappa shape index (κ1) is 16.2. The fourth-order valence-corrected chi connectivity index (χ4v) is 4.07. The number of hydrogen-bond acceptors (Lipinski definition) is 5. The fraction of sp³-hybridized carbons (Fsp3) is 0.333. The van der Waals surface area contributed by atoms with Crippen LogP contribution in [0.3, 0.4) is 0 Å². The Morgan fingerprint density at radius 3 is 2.96 bits per heavy atom. The average molecular weight is 360 g/mol. The number of fused-ring (bicyclic) bond motifs is 1. The number of carbonyl (C=O) groups excluding carboxylic acids is 1. The molecule has 6 nitrogen and oxygen atoms in total. The normalized spacial score (nSPS) is 20.1. The van der Waals surface area contributed by atoms with Crippen molar-refractivity contribution in [2.24, 2.45) is 4.99 Å². The Hall–Kier alpha value is -3.02. The third kappa shape index (κ3) is 2.91. The van der Waals surface area contributed by atoms with Gasteiger partial charge >= 0.3 is 0 Å². The number of benzene rings is 1. The highest BCUT2D eigenvalue weighted by molar-refractivity contribution is 6.02. The number of nitrogens with zero attached hydrogens (tertiary/aromatic N) is 3. The lowest BCUT2D eigenvalue weighted by molar-refractivity contribution is -0.116. The van der Waals surface area contributed by atoms with Gasteiger partial charge < -0.3 is 4.42 Å². The van der Waals surface area contributed by atoms with Gasteiger partial charge in [0.2, 0.25) is 5.89 Å². The van der Waals surface area contributed by atoms with Crippen LogP contribution >= 0.6 is 0 Å². The molecule has 1 aliphatic heterocycles. The van der Waals surface area contributed by atoms with Crippen molar-refractivity contribution in [1.29, 1.82) is 0 Å². The van der Waals surface area contributed by atoms with E-state index < -0.39 is 0 Å². The maximum atomic E-state index is 12.6. The molecule has 27 heavy (non-hydrogen) atoms. The number of nitrogens with one attached hydrogen (secondary N) is 1. The van der Waals surface area contributed by atoms with E-state index in [9.17, 15) is 4.79 Å². The van der Waals surface area contributed by atoms with Crippen molar-refractivity contribution in [3.8, 4) is 0 Å². The zero-order chi connectivity index (χ0) is 18.4. The Labute approximate surface area is 156 Å². The van der Waals surface area contributed by atoms with E-state index >= 15 is 0 Å². The van der Waals surface area contributed by atoms with Crippen molar-refractivity contribution >= 4 is 22.6 Å². The van der Waals surface area contributed by atoms with Gasteiger partial charge in [0.25, 0.3) is 0 Å². The highest BCUT2D eigenvalue weighted by Gasteiger charge is 2.33. The minimum absolute atomic E-state index is 0.214. The summed E-state index contributed by atoms with van der Waals surface area (Å²) in [6, 6.07) is 9.42. The molecule has 136 valence electrons. The molecule has 3 heterocycles. The number of rotatable bonds is 3. The van der Waals surface area contributed by atoms with Gasteiger partial charge in [0.1, 0.15) is 11.6 Å². The Kier molecular flexibility index (Phi) is 3.77. The molecule has 1 atom stereocenters. The van der Waals surface area contributed by atoms with Crippen molar-refractivity contribution in [3.05, 3.63) is 58.8 Å². The first-order valence-corrected chi connectivity index (χ1v) is 9.34. The first-order chi connectivity index (χ1) is 13.2. The van der Waals surface area contributed by atoms with Gasteiger partial charge in [0.15, 0.2) is 11.4 Å². The van der Waals surface area contributed by atoms with Crippen LogP contribution in [0.4, 0.5) is 0 Å². The first-order valence-electron chi connectivity index (χ1n) is 9.34. The molecule has 1 N–H and O–H groups in total. The van der Waals surface area contributed by atoms with Crippen LogP contribution in [-0.4, -0.2) is 26.7 Å². The van der Waals surface area contributed by atoms with Gasteiger partial charge in [0, 0.05) is 29.8 Å². The number of dihydropyridines is 1. The molecule has 0 spiro atoms. The quantitative estimate of drug-likeness (QED) is 0.764. The summed E-state index contributed by atoms with van der Waals surface area (Å²) in [4.78, 5) is 22.1. The van der Waals surface area contributed by atoms with Crippen LogP contribution in [0.2, 0.25) is 0 Å². The molecule has 6 heteroatoms. The van der Waals surface area contributed by atoms with E-state index in [-0.39, 0.29) is 11.8 Å². The van der Waals surface area contributed by atoms with E-state index in [0.29, 0.717) is 18.7 Å². The predicted molar refractivity (Wildman–Crippen MR) is 102 cm³/mol. The number of aliphatic imine (C=N–C) groups is 1. The van der Waals surface area contributed by atoms with E-state index in [1.54, 1.807) is 0 Å². The number of aromatic nitrogens is 3. The topological polar surface area (TPSA) is 84.1 Å². The molecule has 1 unspecified atom stereocenters. The lowest BCUT2D eigenvalue weighted by Crippen LogP contribution is -2.24. The minimum atomic E-state index is -0.314. The summed E-state index contributed by atoms with van der Waals surface area (Å²) in [6.45, 7) is 1.96. The monoisotopic (exact) mass is 360 g/mol. The van der Waals surface area contributed by atoms with E-state index in [1.807, 2.05) is 37.3 Å². The number of Topliss-reactive ketones (excluding diaryl/α,β-unsaturated/α-hetero) is 1. The van der Waals surface area contributed by atoms with Gasteiger partial charge in [0.05, 0.1) is 12.1 Å². The summed E-state index contributed by atoms with van der Waals surface area (Å²) in [5, 5.41) is 7.36. The van der Waals surface area contributed by atoms with Crippen molar-refractivity contribution in [3.63, 3.8) is 0 Å². The molecule has 0 fully saturated rings. The SMILES string of the molecule is Cc1cc(C2N=C(Cc3nc4ccccc4o3)CC3=C2C(=O)CCC3)n[nH]1. The second kappa shape index (κ2) is 6.30. The second-order valence-corrected chi connectivity index (χ2v) is 7.30. The summed E-state index contributed by atoms with van der Waals surface area (Å²) >= 11 is 0. The summed E-state index contributed by atoms with van der Waals surface area (Å²) in [6.07, 6.45) is 3.75. The number of carbonyl (C=O) groups is 1. The zero-order valence-electron chi connectivity index (χ0n) is 15.2. The smallest absolute Gasteiger partial charge is 0.201 e. The molecular formula is C21H20N4O2. The van der Waals surface area contributed by atoms with Crippen LogP contribution in [0.1, 0.15) is 49.0 Å². The molecule has 0 saturated carbocycles. The van der Waals surface area contributed by atoms with Gasteiger partial charge in [-0.2, -0.15) is 5.10 Å². The fourth-order valence-electron chi connectivity index (χ4n) is 4.07. The number of oxazole rings is 1. The summed E-state index contributed by atoms with van der Waals surface area (Å²) in [7, 11) is 0. The molecule has 0 radical (unpaired) electrons. The third-order valence-electron chi connectivity index (χ3n) is 5.27. The van der Waals surface area contributed by atoms with Gasteiger partial charge in [-0.15, -0.1) is 0 Å². The molecular weight excluding hydrogens is 340 g/mol. The van der Waals surface area contributed by atoms with Crippen molar-refractivity contribution < 1.29 is 9.21 Å². The minimum Gasteiger partial charge on any atom is -0.440 e. The Balaban J connectivity index is 1.52. The predicted octanol–water partition coefficient (Wildman–Crippen LogP) is 4.04. The summed E-state index contributed by atoms with van der Waals surface area (Å²) in [5.41, 5.74) is 6.49. The van der Waals surface area contributed by atoms with E-state index in [4.69, 9.17) is 9.41 Å². The molecule has 3 aromatic rings. The van der Waals surface area contributed by atoms with Crippen molar-refractivity contribution in [1.82, 2.24) is 15.2 Å². The number of ketones is 1. The average Bonchev–Trinajstić information content (AvgIpc) is 3.26. The third-order valence-corrected chi connectivity index (χ3v) is 5.27. The standard InChI is InChI=1S/C21H20N4O2/c1-12-9-16(25-24-12)21-20-13(5-4-7-17(20)26)10-14(22-21)11-19-23-15-6-2-3-8-18(15)27-19/h2-3,6,8-9,21H,4-5,7,10-11H2,1H3,(H,24,25). The van der Waals surface area contributed by atoms with Crippen LogP contribution in [-0.2, 0) is 11.2 Å². The molecule has 0 amide bonds. The molecule has 0 saturated heterocycles. The van der Waals surface area contributed by atoms with Crippen LogP contribution in [0.25, 0.3) is 11.1 Å². The van der Waals surface area contributed by atoms with Crippen LogP contribution in [0, 0.1) is 6.92 Å². The van der Waals surface area contributed by atoms with E-state index in [1.165, 1.54) is 5.57 Å². The number of para-hydroxylation sites is 2. The number of H-pyrrole nitrogens is 1. The molecule has 2 aromatic heterocycles. The van der Waals surface area contributed by atoms with Gasteiger partial charge in [-0.3, -0.25) is 14.9 Å². The Bertz CT molecular complexity index is 1070. The molecule has 5 rings (SSSR count). The van der Waals surface area contributed by atoms with Gasteiger partial charge in [-0.1, -0.05) is 17.7 Å². The second-order valence-electron chi connectivity index (χ2n) is 7.30.